The molecule has 3 aromatic rings. The van der Waals surface area contributed by atoms with E-state index in [0.717, 1.165) is 11.0 Å². The van der Waals surface area contributed by atoms with Crippen LogP contribution in [0.25, 0.3) is 0 Å². The molecule has 8 heteroatoms. The maximum atomic E-state index is 14.5. The van der Waals surface area contributed by atoms with Gasteiger partial charge in [0.1, 0.15) is 11.6 Å². The molecule has 0 aromatic heterocycles. The SMILES string of the molecule is N#Cc1ccc(C(=O)N(CCCCN2C(=O)c3ccccc3C2=O)c2ccc(F)cc2F)cc1. The predicted octanol–water partition coefficient (Wildman–Crippen LogP) is 4.56. The Hall–Kier alpha value is -4.38. The molecule has 4 rings (SSSR count). The fourth-order valence-corrected chi connectivity index (χ4v) is 3.86. The van der Waals surface area contributed by atoms with Crippen LogP contribution in [0, 0.1) is 23.0 Å². The van der Waals surface area contributed by atoms with E-state index in [-0.39, 0.29) is 36.2 Å². The molecule has 0 radical (unpaired) electrons. The predicted molar refractivity (Wildman–Crippen MR) is 120 cm³/mol. The third-order valence-corrected chi connectivity index (χ3v) is 5.60. The first-order valence-corrected chi connectivity index (χ1v) is 10.6. The average Bonchev–Trinajstić information content (AvgIpc) is 3.09. The minimum absolute atomic E-state index is 0.0740. The van der Waals surface area contributed by atoms with E-state index < -0.39 is 17.5 Å². The standard InChI is InChI=1S/C26H19F2N3O3/c27-19-11-12-23(22(28)15-19)30(24(32)18-9-7-17(16-29)8-10-18)13-3-4-14-31-25(33)20-5-1-2-6-21(20)26(31)34/h1-2,5-12,15H,3-4,13-14H2. The summed E-state index contributed by atoms with van der Waals surface area (Å²) in [5.74, 6) is -2.90. The second-order valence-electron chi connectivity index (χ2n) is 7.76. The fraction of sp³-hybridized carbons (Fsp3) is 0.154. The number of rotatable bonds is 7. The third kappa shape index (κ3) is 4.41. The van der Waals surface area contributed by atoms with Crippen LogP contribution in [-0.4, -0.2) is 35.7 Å². The van der Waals surface area contributed by atoms with Gasteiger partial charge in [-0.05, 0) is 61.4 Å². The molecule has 34 heavy (non-hydrogen) atoms. The summed E-state index contributed by atoms with van der Waals surface area (Å²) in [6, 6.07) is 17.4. The number of benzene rings is 3. The number of carbonyl (C=O) groups is 3. The number of hydrogen-bond donors (Lipinski definition) is 0. The number of imide groups is 1. The molecular weight excluding hydrogens is 440 g/mol. The van der Waals surface area contributed by atoms with E-state index >= 15 is 0 Å². The smallest absolute Gasteiger partial charge is 0.261 e. The second-order valence-corrected chi connectivity index (χ2v) is 7.76. The van der Waals surface area contributed by atoms with E-state index in [9.17, 15) is 23.2 Å². The van der Waals surface area contributed by atoms with Crippen molar-refractivity contribution in [1.29, 1.82) is 5.26 Å². The summed E-state index contributed by atoms with van der Waals surface area (Å²) < 4.78 is 28.0. The van der Waals surface area contributed by atoms with Crippen LogP contribution in [0.1, 0.15) is 49.5 Å². The molecule has 0 bridgehead atoms. The Morgan fingerprint density at radius 1 is 0.912 bits per heavy atom. The Kier molecular flexibility index (Phi) is 6.46. The van der Waals surface area contributed by atoms with E-state index in [1.165, 1.54) is 35.2 Å². The van der Waals surface area contributed by atoms with Crippen molar-refractivity contribution in [3.05, 3.63) is 101 Å². The van der Waals surface area contributed by atoms with Crippen LogP contribution in [0.4, 0.5) is 14.5 Å². The second kappa shape index (κ2) is 9.63. The Bertz CT molecular complexity index is 1280. The van der Waals surface area contributed by atoms with Gasteiger partial charge in [0.15, 0.2) is 0 Å². The first-order chi connectivity index (χ1) is 16.4. The molecule has 3 aromatic carbocycles. The molecule has 170 valence electrons. The minimum atomic E-state index is -0.887. The van der Waals surface area contributed by atoms with Gasteiger partial charge in [-0.25, -0.2) is 8.78 Å². The molecule has 3 amide bonds. The zero-order chi connectivity index (χ0) is 24.2. The lowest BCUT2D eigenvalue weighted by Gasteiger charge is -2.24. The van der Waals surface area contributed by atoms with Crippen molar-refractivity contribution in [3.8, 4) is 6.07 Å². The highest BCUT2D eigenvalue weighted by atomic mass is 19.1. The molecule has 0 N–H and O–H groups in total. The van der Waals surface area contributed by atoms with Gasteiger partial charge in [0, 0.05) is 24.7 Å². The van der Waals surface area contributed by atoms with Gasteiger partial charge < -0.3 is 4.90 Å². The van der Waals surface area contributed by atoms with Gasteiger partial charge in [-0.1, -0.05) is 12.1 Å². The molecule has 0 fully saturated rings. The van der Waals surface area contributed by atoms with Gasteiger partial charge in [-0.2, -0.15) is 5.26 Å². The van der Waals surface area contributed by atoms with Crippen molar-refractivity contribution in [1.82, 2.24) is 4.90 Å². The van der Waals surface area contributed by atoms with Crippen LogP contribution < -0.4 is 4.90 Å². The molecule has 6 nitrogen and oxygen atoms in total. The zero-order valence-electron chi connectivity index (χ0n) is 18.0. The van der Waals surface area contributed by atoms with Crippen LogP contribution in [0.15, 0.2) is 66.7 Å². The van der Waals surface area contributed by atoms with E-state index in [1.54, 1.807) is 24.3 Å². The highest BCUT2D eigenvalue weighted by Gasteiger charge is 2.34. The highest BCUT2D eigenvalue weighted by molar-refractivity contribution is 6.21. The summed E-state index contributed by atoms with van der Waals surface area (Å²) in [6.07, 6.45) is 0.734. The monoisotopic (exact) mass is 459 g/mol. The van der Waals surface area contributed by atoms with Crippen molar-refractivity contribution in [2.45, 2.75) is 12.8 Å². The number of carbonyl (C=O) groups excluding carboxylic acids is 3. The first-order valence-electron chi connectivity index (χ1n) is 10.6. The summed E-state index contributed by atoms with van der Waals surface area (Å²) in [7, 11) is 0. The molecular formula is C26H19F2N3O3. The number of unbranched alkanes of at least 4 members (excludes halogenated alkanes) is 1. The van der Waals surface area contributed by atoms with E-state index in [4.69, 9.17) is 5.26 Å². The Morgan fingerprint density at radius 3 is 2.15 bits per heavy atom. The van der Waals surface area contributed by atoms with Crippen molar-refractivity contribution >= 4 is 23.4 Å². The lowest BCUT2D eigenvalue weighted by Crippen LogP contribution is -2.34. The summed E-state index contributed by atoms with van der Waals surface area (Å²) in [5, 5.41) is 8.96. The molecule has 0 aliphatic carbocycles. The number of hydrogen-bond acceptors (Lipinski definition) is 4. The summed E-state index contributed by atoms with van der Waals surface area (Å²) in [5.41, 5.74) is 1.24. The molecule has 1 aliphatic rings. The Balaban J connectivity index is 1.48. The van der Waals surface area contributed by atoms with Crippen LogP contribution in [0.5, 0.6) is 0 Å². The summed E-state index contributed by atoms with van der Waals surface area (Å²) >= 11 is 0. The number of halogens is 2. The van der Waals surface area contributed by atoms with Gasteiger partial charge >= 0.3 is 0 Å². The quantitative estimate of drug-likeness (QED) is 0.383. The van der Waals surface area contributed by atoms with Gasteiger partial charge in [0.25, 0.3) is 17.7 Å². The van der Waals surface area contributed by atoms with Gasteiger partial charge in [-0.15, -0.1) is 0 Å². The highest BCUT2D eigenvalue weighted by Crippen LogP contribution is 2.25. The van der Waals surface area contributed by atoms with Crippen molar-refractivity contribution in [2.75, 3.05) is 18.0 Å². The van der Waals surface area contributed by atoms with Crippen LogP contribution in [-0.2, 0) is 0 Å². The van der Waals surface area contributed by atoms with E-state index in [0.29, 0.717) is 35.6 Å². The molecule has 0 saturated carbocycles. The minimum Gasteiger partial charge on any atom is -0.306 e. The average molecular weight is 459 g/mol. The first kappa shape index (κ1) is 22.8. The van der Waals surface area contributed by atoms with Gasteiger partial charge in [0.2, 0.25) is 0 Å². The van der Waals surface area contributed by atoms with Crippen LogP contribution >= 0.6 is 0 Å². The molecule has 1 heterocycles. The van der Waals surface area contributed by atoms with Crippen LogP contribution in [0.2, 0.25) is 0 Å². The molecule has 0 saturated heterocycles. The summed E-state index contributed by atoms with van der Waals surface area (Å²) in [4.78, 5) is 40.5. The van der Waals surface area contributed by atoms with E-state index in [1.807, 2.05) is 6.07 Å². The van der Waals surface area contributed by atoms with Crippen molar-refractivity contribution in [2.24, 2.45) is 0 Å². The Labute approximate surface area is 194 Å². The van der Waals surface area contributed by atoms with Gasteiger partial charge in [0.05, 0.1) is 28.4 Å². The summed E-state index contributed by atoms with van der Waals surface area (Å²) in [6.45, 7) is 0.224. The maximum absolute atomic E-state index is 14.5. The molecule has 0 spiro atoms. The van der Waals surface area contributed by atoms with E-state index in [2.05, 4.69) is 0 Å². The largest absolute Gasteiger partial charge is 0.306 e. The maximum Gasteiger partial charge on any atom is 0.261 e. The zero-order valence-corrected chi connectivity index (χ0v) is 18.0. The number of nitriles is 1. The number of nitrogens with zero attached hydrogens (tertiary/aromatic N) is 3. The number of amides is 3. The molecule has 1 aliphatic heterocycles. The fourth-order valence-electron chi connectivity index (χ4n) is 3.86. The molecule has 0 atom stereocenters. The number of fused-ring (bicyclic) bond motifs is 1. The topological polar surface area (TPSA) is 81.5 Å². The lowest BCUT2D eigenvalue weighted by molar-refractivity contribution is 0.0651. The normalized spacial score (nSPS) is 12.4. The lowest BCUT2D eigenvalue weighted by atomic mass is 10.1. The van der Waals surface area contributed by atoms with Crippen molar-refractivity contribution < 1.29 is 23.2 Å². The van der Waals surface area contributed by atoms with Crippen molar-refractivity contribution in [3.63, 3.8) is 0 Å². The Morgan fingerprint density at radius 2 is 1.56 bits per heavy atom. The third-order valence-electron chi connectivity index (χ3n) is 5.60. The van der Waals surface area contributed by atoms with Crippen LogP contribution in [0.3, 0.4) is 0 Å². The molecule has 0 unspecified atom stereocenters. The number of anilines is 1. The van der Waals surface area contributed by atoms with Gasteiger partial charge in [-0.3, -0.25) is 19.3 Å².